The van der Waals surface area contributed by atoms with Gasteiger partial charge in [-0.3, -0.25) is 0 Å². The Bertz CT molecular complexity index is 477. The van der Waals surface area contributed by atoms with Crippen LogP contribution in [0.1, 0.15) is 5.56 Å². The van der Waals surface area contributed by atoms with Crippen molar-refractivity contribution >= 4 is 12.1 Å². The predicted octanol–water partition coefficient (Wildman–Crippen LogP) is -0.407. The van der Waals surface area contributed by atoms with Crippen molar-refractivity contribution in [1.29, 1.82) is 0 Å². The molecule has 1 saturated heterocycles. The largest absolute Gasteiger partial charge is 0.550 e. The van der Waals surface area contributed by atoms with Gasteiger partial charge in [0.05, 0.1) is 7.11 Å². The second-order valence-corrected chi connectivity index (χ2v) is 4.77. The lowest BCUT2D eigenvalue weighted by Gasteiger charge is -2.20. The molecule has 0 radical (unpaired) electrons. The van der Waals surface area contributed by atoms with Gasteiger partial charge in [0.2, 0.25) is 0 Å². The van der Waals surface area contributed by atoms with Gasteiger partial charge in [0.25, 0.3) is 0 Å². The van der Waals surface area contributed by atoms with Gasteiger partial charge < -0.3 is 24.9 Å². The third-order valence-corrected chi connectivity index (χ3v) is 3.47. The highest BCUT2D eigenvalue weighted by Crippen LogP contribution is 2.18. The van der Waals surface area contributed by atoms with Crippen LogP contribution in [0.4, 0.5) is 4.79 Å². The van der Waals surface area contributed by atoms with Crippen molar-refractivity contribution in [3.8, 4) is 0 Å². The van der Waals surface area contributed by atoms with Crippen LogP contribution < -0.4 is 10.4 Å². The molecule has 1 N–H and O–H groups in total. The lowest BCUT2D eigenvalue weighted by molar-refractivity contribution is -0.311. The average molecular weight is 277 g/mol. The number of carbonyl (C=O) groups is 2. The van der Waals surface area contributed by atoms with Crippen LogP contribution in [0.15, 0.2) is 30.3 Å². The minimum atomic E-state index is -1.15. The molecule has 20 heavy (non-hydrogen) atoms. The Hall–Kier alpha value is -2.08. The number of aliphatic carboxylic acids is 1. The fraction of sp³-hybridized carbons (Fsp3) is 0.429. The first kappa shape index (κ1) is 14.3. The number of methoxy groups -OCH3 is 1. The van der Waals surface area contributed by atoms with Crippen LogP contribution in [-0.2, 0) is 16.1 Å². The third-order valence-electron chi connectivity index (χ3n) is 3.47. The third kappa shape index (κ3) is 3.27. The molecule has 6 heteroatoms. The second-order valence-electron chi connectivity index (χ2n) is 4.77. The van der Waals surface area contributed by atoms with Crippen LogP contribution in [-0.4, -0.2) is 43.2 Å². The van der Waals surface area contributed by atoms with Gasteiger partial charge >= 0.3 is 6.09 Å². The maximum absolute atomic E-state index is 11.5. The molecule has 0 aliphatic carbocycles. The van der Waals surface area contributed by atoms with Gasteiger partial charge in [0.1, 0.15) is 0 Å². The molecule has 108 valence electrons. The summed E-state index contributed by atoms with van der Waals surface area (Å²) in [6.45, 7) is 0.962. The number of nitrogens with one attached hydrogen (secondary N) is 1. The first-order valence-electron chi connectivity index (χ1n) is 6.43. The number of carboxylic acid groups (broad SMARTS) is 1. The summed E-state index contributed by atoms with van der Waals surface area (Å²) >= 11 is 0. The molecule has 2 atom stereocenters. The molecule has 1 aliphatic heterocycles. The van der Waals surface area contributed by atoms with E-state index >= 15 is 0 Å². The summed E-state index contributed by atoms with van der Waals surface area (Å²) in [6, 6.07) is 9.33. The van der Waals surface area contributed by atoms with Gasteiger partial charge in [0.15, 0.2) is 0 Å². The van der Waals surface area contributed by atoms with Crippen molar-refractivity contribution in [2.24, 2.45) is 5.92 Å². The molecule has 0 aromatic heterocycles. The Morgan fingerprint density at radius 1 is 1.35 bits per heavy atom. The van der Waals surface area contributed by atoms with Crippen LogP contribution in [0.2, 0.25) is 0 Å². The average Bonchev–Trinajstić information content (AvgIpc) is 2.90. The molecule has 0 spiro atoms. The van der Waals surface area contributed by atoms with Crippen molar-refractivity contribution < 1.29 is 19.4 Å². The topological polar surface area (TPSA) is 81.7 Å². The number of ether oxygens (including phenoxy) is 1. The van der Waals surface area contributed by atoms with Crippen molar-refractivity contribution in [2.45, 2.75) is 12.6 Å². The van der Waals surface area contributed by atoms with Crippen molar-refractivity contribution in [2.75, 3.05) is 20.2 Å². The van der Waals surface area contributed by atoms with E-state index in [0.29, 0.717) is 13.1 Å². The van der Waals surface area contributed by atoms with Gasteiger partial charge in [-0.25, -0.2) is 4.79 Å². The van der Waals surface area contributed by atoms with E-state index < -0.39 is 18.0 Å². The number of likely N-dealkylation sites (tertiary alicyclic amines) is 1. The summed E-state index contributed by atoms with van der Waals surface area (Å²) in [7, 11) is 1.28. The van der Waals surface area contributed by atoms with E-state index in [4.69, 9.17) is 0 Å². The Morgan fingerprint density at radius 2 is 2.05 bits per heavy atom. The number of amides is 1. The summed E-state index contributed by atoms with van der Waals surface area (Å²) in [5.74, 6) is -1.88. The van der Waals surface area contributed by atoms with E-state index in [1.807, 2.05) is 30.3 Å². The minimum absolute atomic E-state index is 0.113. The molecule has 6 nitrogen and oxygen atoms in total. The standard InChI is InChI=1S/C14H18N2O4/c1-20-14(19)16-8-11(13(17)18)12(9-16)15-7-10-5-3-2-4-6-10/h2-6,11-12,15H,7-9H2,1H3,(H,17,18)/p-1. The lowest BCUT2D eigenvalue weighted by Crippen LogP contribution is -2.44. The molecule has 1 amide bonds. The van der Waals surface area contributed by atoms with Crippen molar-refractivity contribution in [3.05, 3.63) is 35.9 Å². The molecule has 1 aromatic carbocycles. The van der Waals surface area contributed by atoms with E-state index in [9.17, 15) is 14.7 Å². The monoisotopic (exact) mass is 277 g/mol. The molecule has 1 fully saturated rings. The van der Waals surface area contributed by atoms with E-state index in [-0.39, 0.29) is 12.6 Å². The molecular weight excluding hydrogens is 260 g/mol. The van der Waals surface area contributed by atoms with E-state index in [1.54, 1.807) is 0 Å². The molecule has 0 saturated carbocycles. The minimum Gasteiger partial charge on any atom is -0.550 e. The van der Waals surface area contributed by atoms with Gasteiger partial charge in [-0.15, -0.1) is 0 Å². The summed E-state index contributed by atoms with van der Waals surface area (Å²) < 4.78 is 4.62. The van der Waals surface area contributed by atoms with Gasteiger partial charge in [-0.2, -0.15) is 0 Å². The normalized spacial score (nSPS) is 21.8. The Kier molecular flexibility index (Phi) is 4.57. The fourth-order valence-corrected chi connectivity index (χ4v) is 2.37. The van der Waals surface area contributed by atoms with Crippen molar-refractivity contribution in [1.82, 2.24) is 10.2 Å². The summed E-state index contributed by atoms with van der Waals surface area (Å²) in [5, 5.41) is 14.3. The number of benzene rings is 1. The van der Waals surface area contributed by atoms with E-state index in [0.717, 1.165) is 5.56 Å². The lowest BCUT2D eigenvalue weighted by atomic mass is 10.0. The van der Waals surface area contributed by atoms with Crippen LogP contribution in [0.25, 0.3) is 0 Å². The summed E-state index contributed by atoms with van der Waals surface area (Å²) in [6.07, 6.45) is -0.514. The number of carboxylic acids is 1. The smallest absolute Gasteiger partial charge is 0.409 e. The highest BCUT2D eigenvalue weighted by Gasteiger charge is 2.36. The fourth-order valence-electron chi connectivity index (χ4n) is 2.37. The zero-order valence-electron chi connectivity index (χ0n) is 11.2. The summed E-state index contributed by atoms with van der Waals surface area (Å²) in [5.41, 5.74) is 1.06. The first-order valence-corrected chi connectivity index (χ1v) is 6.43. The number of hydrogen-bond acceptors (Lipinski definition) is 5. The molecular formula is C14H17N2O4-. The zero-order valence-corrected chi connectivity index (χ0v) is 11.2. The highest BCUT2D eigenvalue weighted by molar-refractivity contribution is 5.73. The van der Waals surface area contributed by atoms with Crippen LogP contribution in [0.3, 0.4) is 0 Å². The number of hydrogen-bond donors (Lipinski definition) is 1. The molecule has 2 rings (SSSR count). The van der Waals surface area contributed by atoms with Crippen LogP contribution in [0.5, 0.6) is 0 Å². The maximum atomic E-state index is 11.5. The molecule has 2 unspecified atom stereocenters. The van der Waals surface area contributed by atoms with Gasteiger partial charge in [0, 0.05) is 37.6 Å². The molecule has 1 heterocycles. The van der Waals surface area contributed by atoms with E-state index in [2.05, 4.69) is 10.1 Å². The van der Waals surface area contributed by atoms with Crippen LogP contribution >= 0.6 is 0 Å². The quantitative estimate of drug-likeness (QED) is 0.809. The zero-order chi connectivity index (χ0) is 14.5. The van der Waals surface area contributed by atoms with Crippen molar-refractivity contribution in [3.63, 3.8) is 0 Å². The van der Waals surface area contributed by atoms with Gasteiger partial charge in [-0.05, 0) is 5.56 Å². The number of rotatable bonds is 4. The van der Waals surface area contributed by atoms with E-state index in [1.165, 1.54) is 12.0 Å². The summed E-state index contributed by atoms with van der Waals surface area (Å²) in [4.78, 5) is 24.0. The van der Waals surface area contributed by atoms with Crippen LogP contribution in [0, 0.1) is 5.92 Å². The maximum Gasteiger partial charge on any atom is 0.409 e. The first-order chi connectivity index (χ1) is 9.61. The molecule has 1 aromatic rings. The second kappa shape index (κ2) is 6.38. The Morgan fingerprint density at radius 3 is 2.65 bits per heavy atom. The van der Waals surface area contributed by atoms with Gasteiger partial charge in [-0.1, -0.05) is 30.3 Å². The number of carbonyl (C=O) groups excluding carboxylic acids is 2. The predicted molar refractivity (Wildman–Crippen MR) is 69.5 cm³/mol. The highest BCUT2D eigenvalue weighted by atomic mass is 16.5. The Labute approximate surface area is 117 Å². The number of nitrogens with zero attached hydrogens (tertiary/aromatic N) is 1. The Balaban J connectivity index is 1.98. The molecule has 0 bridgehead atoms. The SMILES string of the molecule is COC(=O)N1CC(NCc2ccccc2)C(C(=O)[O-])C1. The molecule has 1 aliphatic rings.